The number of nitrogens with zero attached hydrogens (tertiary/aromatic N) is 2. The fourth-order valence-electron chi connectivity index (χ4n) is 2.42. The zero-order chi connectivity index (χ0) is 17.0. The average molecular weight is 341 g/mol. The van der Waals surface area contributed by atoms with Crippen LogP contribution < -0.4 is 10.6 Å². The van der Waals surface area contributed by atoms with Crippen molar-refractivity contribution in [3.63, 3.8) is 0 Å². The summed E-state index contributed by atoms with van der Waals surface area (Å²) in [5, 5.41) is 16.2. The average Bonchev–Trinajstić information content (AvgIpc) is 2.49. The number of carbonyl (C=O) groups excluding carboxylic acids is 2. The van der Waals surface area contributed by atoms with Crippen molar-refractivity contribution in [2.45, 2.75) is 25.8 Å². The fraction of sp³-hybridized carbons (Fsp3) is 0.429. The number of nitro benzene ring substituents is 1. The van der Waals surface area contributed by atoms with E-state index in [1.54, 1.807) is 4.90 Å². The third-order valence-corrected chi connectivity index (χ3v) is 4.00. The van der Waals surface area contributed by atoms with Crippen molar-refractivity contribution < 1.29 is 14.5 Å². The van der Waals surface area contributed by atoms with Gasteiger partial charge in [-0.3, -0.25) is 14.9 Å². The van der Waals surface area contributed by atoms with Crippen LogP contribution in [0.3, 0.4) is 0 Å². The highest BCUT2D eigenvalue weighted by molar-refractivity contribution is 6.32. The molecule has 1 aliphatic heterocycles. The zero-order valence-corrected chi connectivity index (χ0v) is 13.3. The summed E-state index contributed by atoms with van der Waals surface area (Å²) in [5.41, 5.74) is 0.0269. The van der Waals surface area contributed by atoms with E-state index in [0.29, 0.717) is 31.6 Å². The number of piperidine rings is 1. The number of anilines is 1. The van der Waals surface area contributed by atoms with E-state index in [1.165, 1.54) is 25.1 Å². The Kier molecular flexibility index (Phi) is 5.38. The van der Waals surface area contributed by atoms with Gasteiger partial charge in [0.25, 0.3) is 5.69 Å². The molecule has 2 rings (SSSR count). The zero-order valence-electron chi connectivity index (χ0n) is 12.5. The number of hydrogen-bond acceptors (Lipinski definition) is 4. The van der Waals surface area contributed by atoms with E-state index in [2.05, 4.69) is 10.6 Å². The van der Waals surface area contributed by atoms with Gasteiger partial charge in [0.15, 0.2) is 0 Å². The Morgan fingerprint density at radius 2 is 2.00 bits per heavy atom. The van der Waals surface area contributed by atoms with Crippen molar-refractivity contribution in [3.8, 4) is 0 Å². The second kappa shape index (κ2) is 7.28. The van der Waals surface area contributed by atoms with E-state index < -0.39 is 11.0 Å². The predicted molar refractivity (Wildman–Crippen MR) is 85.5 cm³/mol. The van der Waals surface area contributed by atoms with Crippen molar-refractivity contribution >= 4 is 34.9 Å². The van der Waals surface area contributed by atoms with E-state index in [0.717, 1.165) is 0 Å². The highest BCUT2D eigenvalue weighted by Crippen LogP contribution is 2.27. The van der Waals surface area contributed by atoms with Crippen LogP contribution in [0.15, 0.2) is 18.2 Å². The summed E-state index contributed by atoms with van der Waals surface area (Å²) in [4.78, 5) is 35.1. The first-order chi connectivity index (χ1) is 10.9. The van der Waals surface area contributed by atoms with Crippen LogP contribution in [0.25, 0.3) is 0 Å². The third kappa shape index (κ3) is 4.56. The Balaban J connectivity index is 1.89. The number of amides is 3. The lowest BCUT2D eigenvalue weighted by atomic mass is 10.1. The lowest BCUT2D eigenvalue weighted by molar-refractivity contribution is -0.384. The molecule has 3 amide bonds. The summed E-state index contributed by atoms with van der Waals surface area (Å²) in [6.07, 6.45) is 1.35. The number of nitrogens with one attached hydrogen (secondary N) is 2. The smallest absolute Gasteiger partial charge is 0.319 e. The largest absolute Gasteiger partial charge is 0.343 e. The molecule has 0 radical (unpaired) electrons. The minimum absolute atomic E-state index is 0.0116. The van der Waals surface area contributed by atoms with E-state index >= 15 is 0 Å². The van der Waals surface area contributed by atoms with Crippen molar-refractivity contribution in [3.05, 3.63) is 33.3 Å². The van der Waals surface area contributed by atoms with Gasteiger partial charge in [-0.05, 0) is 25.0 Å². The Morgan fingerprint density at radius 1 is 1.35 bits per heavy atom. The lowest BCUT2D eigenvalue weighted by Crippen LogP contribution is -2.47. The fourth-order valence-corrected chi connectivity index (χ4v) is 2.61. The van der Waals surface area contributed by atoms with Crippen LogP contribution in [-0.2, 0) is 4.79 Å². The molecule has 124 valence electrons. The molecule has 0 bridgehead atoms. The summed E-state index contributed by atoms with van der Waals surface area (Å²) in [6.45, 7) is 2.73. The number of rotatable bonds is 3. The number of halogens is 1. The van der Waals surface area contributed by atoms with Gasteiger partial charge in [-0.1, -0.05) is 11.6 Å². The van der Waals surface area contributed by atoms with E-state index in [1.807, 2.05) is 0 Å². The molecule has 1 aromatic rings. The van der Waals surface area contributed by atoms with Crippen LogP contribution in [-0.4, -0.2) is 40.9 Å². The van der Waals surface area contributed by atoms with E-state index in [-0.39, 0.29) is 22.7 Å². The highest BCUT2D eigenvalue weighted by Gasteiger charge is 2.22. The molecular weight excluding hydrogens is 324 g/mol. The summed E-state index contributed by atoms with van der Waals surface area (Å²) >= 11 is 5.72. The van der Waals surface area contributed by atoms with Crippen molar-refractivity contribution in [2.75, 3.05) is 18.4 Å². The standard InChI is InChI=1S/C14H17ClN4O4/c1-9(20)18-6-4-10(5-7-18)16-14(21)17-11-2-3-12(15)13(8-11)19(22)23/h2-3,8,10H,4-7H2,1H3,(H2,16,17,21). The molecule has 0 saturated carbocycles. The van der Waals surface area contributed by atoms with Crippen LogP contribution in [0.4, 0.5) is 16.2 Å². The first-order valence-corrected chi connectivity index (χ1v) is 7.51. The molecule has 0 aliphatic carbocycles. The normalized spacial score (nSPS) is 15.1. The number of nitro groups is 1. The number of benzene rings is 1. The molecule has 0 spiro atoms. The quantitative estimate of drug-likeness (QED) is 0.651. The van der Waals surface area contributed by atoms with Gasteiger partial charge in [0.05, 0.1) is 4.92 Å². The Morgan fingerprint density at radius 3 is 2.57 bits per heavy atom. The molecular formula is C14H17ClN4O4. The molecule has 23 heavy (non-hydrogen) atoms. The first kappa shape index (κ1) is 17.0. The first-order valence-electron chi connectivity index (χ1n) is 7.14. The van der Waals surface area contributed by atoms with Crippen molar-refractivity contribution in [2.24, 2.45) is 0 Å². The van der Waals surface area contributed by atoms with Gasteiger partial charge in [-0.15, -0.1) is 0 Å². The highest BCUT2D eigenvalue weighted by atomic mass is 35.5. The molecule has 1 fully saturated rings. The van der Waals surface area contributed by atoms with Crippen LogP contribution in [0.2, 0.25) is 5.02 Å². The molecule has 9 heteroatoms. The molecule has 0 unspecified atom stereocenters. The summed E-state index contributed by atoms with van der Waals surface area (Å²) in [5.74, 6) is 0.0291. The number of carbonyl (C=O) groups is 2. The summed E-state index contributed by atoms with van der Waals surface area (Å²) in [7, 11) is 0. The van der Waals surface area contributed by atoms with Gasteiger partial charge in [0.2, 0.25) is 5.91 Å². The second-order valence-electron chi connectivity index (χ2n) is 5.30. The summed E-state index contributed by atoms with van der Waals surface area (Å²) in [6, 6.07) is 3.59. The van der Waals surface area contributed by atoms with Gasteiger partial charge in [-0.25, -0.2) is 4.79 Å². The van der Waals surface area contributed by atoms with E-state index in [9.17, 15) is 19.7 Å². The van der Waals surface area contributed by atoms with Gasteiger partial charge in [-0.2, -0.15) is 0 Å². The maximum absolute atomic E-state index is 12.0. The maximum atomic E-state index is 12.0. The Labute approximate surface area is 137 Å². The molecule has 0 atom stereocenters. The number of urea groups is 1. The third-order valence-electron chi connectivity index (χ3n) is 3.68. The maximum Gasteiger partial charge on any atom is 0.319 e. The minimum Gasteiger partial charge on any atom is -0.343 e. The predicted octanol–water partition coefficient (Wildman–Crippen LogP) is 2.38. The minimum atomic E-state index is -0.608. The monoisotopic (exact) mass is 340 g/mol. The molecule has 0 aromatic heterocycles. The molecule has 8 nitrogen and oxygen atoms in total. The Hall–Kier alpha value is -2.35. The number of hydrogen-bond donors (Lipinski definition) is 2. The SMILES string of the molecule is CC(=O)N1CCC(NC(=O)Nc2ccc(Cl)c([N+](=O)[O-])c2)CC1. The van der Waals surface area contributed by atoms with Gasteiger partial charge in [0.1, 0.15) is 5.02 Å². The van der Waals surface area contributed by atoms with Crippen LogP contribution >= 0.6 is 11.6 Å². The molecule has 1 aliphatic rings. The molecule has 1 aromatic carbocycles. The summed E-state index contributed by atoms with van der Waals surface area (Å²) < 4.78 is 0. The second-order valence-corrected chi connectivity index (χ2v) is 5.71. The van der Waals surface area contributed by atoms with E-state index in [4.69, 9.17) is 11.6 Å². The topological polar surface area (TPSA) is 105 Å². The van der Waals surface area contributed by atoms with Crippen molar-refractivity contribution in [1.29, 1.82) is 0 Å². The van der Waals surface area contributed by atoms with Gasteiger partial charge in [0, 0.05) is 37.8 Å². The van der Waals surface area contributed by atoms with Crippen LogP contribution in [0, 0.1) is 10.1 Å². The molecule has 1 heterocycles. The van der Waals surface area contributed by atoms with Gasteiger partial charge < -0.3 is 15.5 Å². The number of likely N-dealkylation sites (tertiary alicyclic amines) is 1. The van der Waals surface area contributed by atoms with Crippen molar-refractivity contribution in [1.82, 2.24) is 10.2 Å². The lowest BCUT2D eigenvalue weighted by Gasteiger charge is -2.31. The van der Waals surface area contributed by atoms with Crippen LogP contribution in [0.5, 0.6) is 0 Å². The van der Waals surface area contributed by atoms with Gasteiger partial charge >= 0.3 is 6.03 Å². The molecule has 1 saturated heterocycles. The Bertz CT molecular complexity index is 629. The molecule has 2 N–H and O–H groups in total. The van der Waals surface area contributed by atoms with Crippen LogP contribution in [0.1, 0.15) is 19.8 Å².